The maximum absolute atomic E-state index is 11.9. The number of benzene rings is 1. The molecule has 7 nitrogen and oxygen atoms in total. The first-order valence-electron chi connectivity index (χ1n) is 6.62. The molecule has 21 heavy (non-hydrogen) atoms. The van der Waals surface area contributed by atoms with Gasteiger partial charge in [0, 0.05) is 11.9 Å². The third kappa shape index (κ3) is 3.45. The van der Waals surface area contributed by atoms with Crippen LogP contribution in [0.15, 0.2) is 24.3 Å². The van der Waals surface area contributed by atoms with Crippen molar-refractivity contribution < 1.29 is 19.7 Å². The van der Waals surface area contributed by atoms with Crippen molar-refractivity contribution in [2.75, 3.05) is 25.1 Å². The summed E-state index contributed by atoms with van der Waals surface area (Å²) in [6.45, 7) is 1.64. The molecule has 0 aliphatic rings. The average Bonchev–Trinajstić information content (AvgIpc) is 2.52. The molecular weight excluding hydrogens is 274 g/mol. The van der Waals surface area contributed by atoms with Gasteiger partial charge in [-0.05, 0) is 13.0 Å². The summed E-state index contributed by atoms with van der Waals surface area (Å²) < 4.78 is 4.96. The third-order valence-electron chi connectivity index (χ3n) is 2.86. The highest BCUT2D eigenvalue weighted by Crippen LogP contribution is 2.24. The molecule has 2 aromatic rings. The van der Waals surface area contributed by atoms with Crippen molar-refractivity contribution in [1.29, 1.82) is 0 Å². The summed E-state index contributed by atoms with van der Waals surface area (Å²) in [4.78, 5) is 11.9. The Morgan fingerprint density at radius 3 is 2.86 bits per heavy atom. The molecule has 0 fully saturated rings. The van der Waals surface area contributed by atoms with Crippen LogP contribution in [0.5, 0.6) is 0 Å². The summed E-state index contributed by atoms with van der Waals surface area (Å²) >= 11 is 0. The number of carbonyl (C=O) groups excluding carboxylic acids is 1. The second-order valence-electron chi connectivity index (χ2n) is 4.38. The van der Waals surface area contributed by atoms with Crippen LogP contribution in [-0.4, -0.2) is 52.2 Å². The normalized spacial score (nSPS) is 12.1. The Bertz CT molecular complexity index is 633. The molecule has 0 amide bonds. The van der Waals surface area contributed by atoms with Gasteiger partial charge < -0.3 is 20.3 Å². The molecule has 0 saturated heterocycles. The highest BCUT2D eigenvalue weighted by molar-refractivity contribution is 6.03. The van der Waals surface area contributed by atoms with Gasteiger partial charge in [0.1, 0.15) is 0 Å². The van der Waals surface area contributed by atoms with Crippen LogP contribution >= 0.6 is 0 Å². The first kappa shape index (κ1) is 15.1. The maximum atomic E-state index is 11.9. The number of fused-ring (bicyclic) bond motifs is 1. The Labute approximate surface area is 121 Å². The van der Waals surface area contributed by atoms with Crippen molar-refractivity contribution in [3.63, 3.8) is 0 Å². The van der Waals surface area contributed by atoms with Crippen LogP contribution in [0.25, 0.3) is 10.9 Å². The highest BCUT2D eigenvalue weighted by atomic mass is 16.5. The number of esters is 1. The van der Waals surface area contributed by atoms with Gasteiger partial charge >= 0.3 is 5.97 Å². The zero-order valence-corrected chi connectivity index (χ0v) is 11.6. The van der Waals surface area contributed by atoms with Gasteiger partial charge in [-0.15, -0.1) is 10.2 Å². The molecule has 112 valence electrons. The topological polar surface area (TPSA) is 105 Å². The molecule has 1 aromatic heterocycles. The van der Waals surface area contributed by atoms with Crippen molar-refractivity contribution in [3.8, 4) is 0 Å². The Kier molecular flexibility index (Phi) is 5.02. The van der Waals surface area contributed by atoms with E-state index in [-0.39, 0.29) is 25.5 Å². The predicted octanol–water partition coefficient (Wildman–Crippen LogP) is 0.572. The third-order valence-corrected chi connectivity index (χ3v) is 2.86. The zero-order valence-electron chi connectivity index (χ0n) is 11.6. The van der Waals surface area contributed by atoms with Crippen LogP contribution in [-0.2, 0) is 4.74 Å². The molecule has 1 heterocycles. The van der Waals surface area contributed by atoms with Crippen molar-refractivity contribution in [2.45, 2.75) is 13.0 Å². The van der Waals surface area contributed by atoms with Crippen LogP contribution in [0, 0.1) is 0 Å². The number of aliphatic hydroxyl groups excluding tert-OH is 2. The monoisotopic (exact) mass is 291 g/mol. The Balaban J connectivity index is 2.44. The van der Waals surface area contributed by atoms with Crippen LogP contribution in [0.2, 0.25) is 0 Å². The summed E-state index contributed by atoms with van der Waals surface area (Å²) in [5.41, 5.74) is 1.11. The molecule has 0 saturated carbocycles. The number of rotatable bonds is 6. The standard InChI is InChI=1S/C14H17N3O4/c1-2-21-14(20)13-12(15-7-9(19)8-18)10-5-3-4-6-11(10)16-17-13/h3-6,9,18-19H,2,7-8H2,1H3,(H,15,16). The molecule has 1 unspecified atom stereocenters. The molecule has 3 N–H and O–H groups in total. The predicted molar refractivity (Wildman–Crippen MR) is 77.1 cm³/mol. The van der Waals surface area contributed by atoms with Gasteiger partial charge in [0.05, 0.1) is 30.5 Å². The first-order chi connectivity index (χ1) is 10.2. The smallest absolute Gasteiger partial charge is 0.361 e. The molecule has 0 radical (unpaired) electrons. The summed E-state index contributed by atoms with van der Waals surface area (Å²) in [5, 5.41) is 29.9. The Morgan fingerprint density at radius 1 is 1.38 bits per heavy atom. The lowest BCUT2D eigenvalue weighted by molar-refractivity contribution is 0.0519. The van der Waals surface area contributed by atoms with Gasteiger partial charge in [-0.25, -0.2) is 4.79 Å². The first-order valence-corrected chi connectivity index (χ1v) is 6.62. The van der Waals surface area contributed by atoms with E-state index in [0.29, 0.717) is 16.6 Å². The van der Waals surface area contributed by atoms with Crippen molar-refractivity contribution in [3.05, 3.63) is 30.0 Å². The van der Waals surface area contributed by atoms with Crippen LogP contribution in [0.3, 0.4) is 0 Å². The van der Waals surface area contributed by atoms with Crippen LogP contribution in [0.4, 0.5) is 5.69 Å². The number of anilines is 1. The largest absolute Gasteiger partial charge is 0.461 e. The number of ether oxygens (including phenoxy) is 1. The minimum atomic E-state index is -0.938. The van der Waals surface area contributed by atoms with E-state index in [4.69, 9.17) is 9.84 Å². The van der Waals surface area contributed by atoms with E-state index < -0.39 is 12.1 Å². The number of aromatic nitrogens is 2. The lowest BCUT2D eigenvalue weighted by Gasteiger charge is -2.14. The fourth-order valence-electron chi connectivity index (χ4n) is 1.86. The minimum Gasteiger partial charge on any atom is -0.461 e. The molecule has 0 spiro atoms. The van der Waals surface area contributed by atoms with E-state index in [1.54, 1.807) is 19.1 Å². The quantitative estimate of drug-likeness (QED) is 0.668. The van der Waals surface area contributed by atoms with E-state index in [0.717, 1.165) is 0 Å². The zero-order chi connectivity index (χ0) is 15.2. The molecule has 1 aromatic carbocycles. The van der Waals surface area contributed by atoms with E-state index in [9.17, 15) is 9.90 Å². The summed E-state index contributed by atoms with van der Waals surface area (Å²) in [5.74, 6) is -0.586. The highest BCUT2D eigenvalue weighted by Gasteiger charge is 2.19. The number of hydrogen-bond acceptors (Lipinski definition) is 7. The van der Waals surface area contributed by atoms with E-state index in [1.807, 2.05) is 12.1 Å². The number of carbonyl (C=O) groups is 1. The summed E-state index contributed by atoms with van der Waals surface area (Å²) in [7, 11) is 0. The molecular formula is C14H17N3O4. The number of nitrogens with zero attached hydrogens (tertiary/aromatic N) is 2. The molecule has 0 aliphatic carbocycles. The van der Waals surface area contributed by atoms with Gasteiger partial charge in [-0.2, -0.15) is 0 Å². The van der Waals surface area contributed by atoms with Gasteiger partial charge in [0.15, 0.2) is 5.69 Å². The second-order valence-corrected chi connectivity index (χ2v) is 4.38. The van der Waals surface area contributed by atoms with Crippen molar-refractivity contribution in [2.24, 2.45) is 0 Å². The van der Waals surface area contributed by atoms with Crippen LogP contribution < -0.4 is 5.32 Å². The number of nitrogens with one attached hydrogen (secondary N) is 1. The molecule has 1 atom stereocenters. The molecule has 2 rings (SSSR count). The van der Waals surface area contributed by atoms with E-state index in [1.165, 1.54) is 0 Å². The Hall–Kier alpha value is -2.25. The minimum absolute atomic E-state index is 0.0562. The molecule has 0 bridgehead atoms. The summed E-state index contributed by atoms with van der Waals surface area (Å²) in [6, 6.07) is 7.19. The summed E-state index contributed by atoms with van der Waals surface area (Å²) in [6.07, 6.45) is -0.938. The van der Waals surface area contributed by atoms with Gasteiger partial charge in [-0.3, -0.25) is 0 Å². The SMILES string of the molecule is CCOC(=O)c1nnc2ccccc2c1NCC(O)CO. The number of aliphatic hydroxyl groups is 2. The fraction of sp³-hybridized carbons (Fsp3) is 0.357. The molecule has 7 heteroatoms. The van der Waals surface area contributed by atoms with Gasteiger partial charge in [0.25, 0.3) is 0 Å². The van der Waals surface area contributed by atoms with Crippen molar-refractivity contribution >= 4 is 22.6 Å². The fourth-order valence-corrected chi connectivity index (χ4v) is 1.86. The van der Waals surface area contributed by atoms with Crippen LogP contribution in [0.1, 0.15) is 17.4 Å². The Morgan fingerprint density at radius 2 is 2.14 bits per heavy atom. The van der Waals surface area contributed by atoms with E-state index >= 15 is 0 Å². The molecule has 0 aliphatic heterocycles. The average molecular weight is 291 g/mol. The van der Waals surface area contributed by atoms with Crippen molar-refractivity contribution in [1.82, 2.24) is 10.2 Å². The lowest BCUT2D eigenvalue weighted by atomic mass is 10.1. The second kappa shape index (κ2) is 6.96. The maximum Gasteiger partial charge on any atom is 0.361 e. The number of hydrogen-bond donors (Lipinski definition) is 3. The van der Waals surface area contributed by atoms with E-state index in [2.05, 4.69) is 15.5 Å². The lowest BCUT2D eigenvalue weighted by Crippen LogP contribution is -2.24. The van der Waals surface area contributed by atoms with Gasteiger partial charge in [0.2, 0.25) is 0 Å². The van der Waals surface area contributed by atoms with Gasteiger partial charge in [-0.1, -0.05) is 18.2 Å².